The first-order chi connectivity index (χ1) is 9.56. The topological polar surface area (TPSA) is 40.5 Å². The molecule has 0 amide bonds. The summed E-state index contributed by atoms with van der Waals surface area (Å²) in [5, 5.41) is 20.8. The van der Waals surface area contributed by atoms with Crippen LogP contribution in [-0.4, -0.2) is 15.8 Å². The van der Waals surface area contributed by atoms with Gasteiger partial charge in [-0.3, -0.25) is 0 Å². The van der Waals surface area contributed by atoms with E-state index in [4.69, 9.17) is 0 Å². The molecule has 0 saturated heterocycles. The van der Waals surface area contributed by atoms with Crippen LogP contribution in [0.25, 0.3) is 5.57 Å². The van der Waals surface area contributed by atoms with Gasteiger partial charge in [-0.2, -0.15) is 0 Å². The van der Waals surface area contributed by atoms with Crippen LogP contribution in [0.5, 0.6) is 5.75 Å². The molecule has 0 atom stereocenters. The number of aliphatic hydroxyl groups is 1. The minimum atomic E-state index is -0.754. The summed E-state index contributed by atoms with van der Waals surface area (Å²) < 4.78 is 0. The fraction of sp³-hybridized carbons (Fsp3) is 0.556. The van der Waals surface area contributed by atoms with Crippen molar-refractivity contribution >= 4 is 5.57 Å². The SMILES string of the molecule is CCC/C(=C/C(O)(CCC)CCC)c1ccccc1O. The van der Waals surface area contributed by atoms with Crippen LogP contribution in [0.2, 0.25) is 0 Å². The summed E-state index contributed by atoms with van der Waals surface area (Å²) in [7, 11) is 0. The van der Waals surface area contributed by atoms with Crippen molar-refractivity contribution in [2.24, 2.45) is 0 Å². The molecule has 1 aromatic rings. The molecule has 1 rings (SSSR count). The van der Waals surface area contributed by atoms with Crippen molar-refractivity contribution in [2.75, 3.05) is 0 Å². The molecular weight excluding hydrogens is 248 g/mol. The lowest BCUT2D eigenvalue weighted by molar-refractivity contribution is 0.0710. The first-order valence-corrected chi connectivity index (χ1v) is 7.78. The third-order valence-electron chi connectivity index (χ3n) is 3.58. The molecule has 20 heavy (non-hydrogen) atoms. The van der Waals surface area contributed by atoms with Gasteiger partial charge >= 0.3 is 0 Å². The smallest absolute Gasteiger partial charge is 0.123 e. The Labute approximate surface area is 123 Å². The average Bonchev–Trinajstić information content (AvgIpc) is 2.39. The lowest BCUT2D eigenvalue weighted by Gasteiger charge is -2.25. The molecule has 0 saturated carbocycles. The molecule has 2 heteroatoms. The second-order valence-electron chi connectivity index (χ2n) is 5.54. The van der Waals surface area contributed by atoms with Gasteiger partial charge in [0.2, 0.25) is 0 Å². The number of benzene rings is 1. The number of para-hydroxylation sites is 1. The molecule has 0 unspecified atom stereocenters. The third-order valence-corrected chi connectivity index (χ3v) is 3.58. The maximum Gasteiger partial charge on any atom is 0.123 e. The zero-order valence-corrected chi connectivity index (χ0v) is 13.0. The van der Waals surface area contributed by atoms with Crippen LogP contribution in [0.3, 0.4) is 0 Å². The second kappa shape index (κ2) is 8.11. The Balaban J connectivity index is 3.17. The molecular formula is C18H28O2. The zero-order chi connectivity index (χ0) is 15.0. The first-order valence-electron chi connectivity index (χ1n) is 7.78. The summed E-state index contributed by atoms with van der Waals surface area (Å²) in [5.74, 6) is 0.294. The molecule has 0 aromatic heterocycles. The van der Waals surface area contributed by atoms with Gasteiger partial charge in [-0.1, -0.05) is 58.2 Å². The van der Waals surface area contributed by atoms with Gasteiger partial charge in [0.1, 0.15) is 5.75 Å². The van der Waals surface area contributed by atoms with Crippen molar-refractivity contribution < 1.29 is 10.2 Å². The zero-order valence-electron chi connectivity index (χ0n) is 13.0. The van der Waals surface area contributed by atoms with E-state index in [1.165, 1.54) is 0 Å². The van der Waals surface area contributed by atoms with E-state index in [2.05, 4.69) is 20.8 Å². The fourth-order valence-corrected chi connectivity index (χ4v) is 2.76. The van der Waals surface area contributed by atoms with E-state index in [9.17, 15) is 10.2 Å². The molecule has 1 aromatic carbocycles. The highest BCUT2D eigenvalue weighted by atomic mass is 16.3. The minimum absolute atomic E-state index is 0.294. The van der Waals surface area contributed by atoms with Crippen LogP contribution in [-0.2, 0) is 0 Å². The molecule has 2 N–H and O–H groups in total. The van der Waals surface area contributed by atoms with Gasteiger partial charge in [0.05, 0.1) is 5.60 Å². The Morgan fingerprint density at radius 2 is 1.65 bits per heavy atom. The van der Waals surface area contributed by atoms with Gasteiger partial charge in [-0.05, 0) is 37.0 Å². The van der Waals surface area contributed by atoms with Crippen molar-refractivity contribution in [3.05, 3.63) is 35.9 Å². The normalized spacial score (nSPS) is 12.7. The maximum atomic E-state index is 10.8. The number of hydrogen-bond donors (Lipinski definition) is 2. The van der Waals surface area contributed by atoms with Crippen molar-refractivity contribution in [2.45, 2.75) is 64.9 Å². The second-order valence-corrected chi connectivity index (χ2v) is 5.54. The highest BCUT2D eigenvalue weighted by Crippen LogP contribution is 2.32. The first kappa shape index (κ1) is 16.8. The summed E-state index contributed by atoms with van der Waals surface area (Å²) in [6.45, 7) is 6.30. The number of phenolic OH excluding ortho intramolecular Hbond substituents is 1. The van der Waals surface area contributed by atoms with E-state index in [0.717, 1.165) is 49.7 Å². The van der Waals surface area contributed by atoms with Crippen molar-refractivity contribution in [3.63, 3.8) is 0 Å². The molecule has 0 fully saturated rings. The van der Waals surface area contributed by atoms with Gasteiger partial charge in [0.15, 0.2) is 0 Å². The van der Waals surface area contributed by atoms with E-state index in [-0.39, 0.29) is 0 Å². The summed E-state index contributed by atoms with van der Waals surface area (Å²) >= 11 is 0. The van der Waals surface area contributed by atoms with Crippen molar-refractivity contribution in [3.8, 4) is 5.75 Å². The third kappa shape index (κ3) is 4.68. The van der Waals surface area contributed by atoms with Crippen LogP contribution >= 0.6 is 0 Å². The predicted octanol–water partition coefficient (Wildman–Crippen LogP) is 4.91. The largest absolute Gasteiger partial charge is 0.507 e. The van der Waals surface area contributed by atoms with Crippen molar-refractivity contribution in [1.29, 1.82) is 0 Å². The van der Waals surface area contributed by atoms with Gasteiger partial charge < -0.3 is 10.2 Å². The highest BCUT2D eigenvalue weighted by Gasteiger charge is 2.23. The van der Waals surface area contributed by atoms with Crippen LogP contribution in [0.1, 0.15) is 64.9 Å². The number of rotatable bonds is 8. The average molecular weight is 276 g/mol. The summed E-state index contributed by atoms with van der Waals surface area (Å²) in [4.78, 5) is 0. The molecule has 0 aliphatic rings. The van der Waals surface area contributed by atoms with Crippen LogP contribution in [0, 0.1) is 0 Å². The molecule has 0 spiro atoms. The molecule has 0 heterocycles. The monoisotopic (exact) mass is 276 g/mol. The number of hydrogen-bond acceptors (Lipinski definition) is 2. The van der Waals surface area contributed by atoms with Gasteiger partial charge in [-0.15, -0.1) is 0 Å². The highest BCUT2D eigenvalue weighted by molar-refractivity contribution is 5.71. The van der Waals surface area contributed by atoms with Gasteiger partial charge in [0, 0.05) is 5.56 Å². The quantitative estimate of drug-likeness (QED) is 0.708. The maximum absolute atomic E-state index is 10.8. The Morgan fingerprint density at radius 1 is 1.05 bits per heavy atom. The molecule has 0 aliphatic heterocycles. The van der Waals surface area contributed by atoms with Crippen LogP contribution in [0.4, 0.5) is 0 Å². The van der Waals surface area contributed by atoms with Crippen LogP contribution in [0.15, 0.2) is 30.3 Å². The Bertz CT molecular complexity index is 429. The Morgan fingerprint density at radius 3 is 2.15 bits per heavy atom. The summed E-state index contributed by atoms with van der Waals surface area (Å²) in [5.41, 5.74) is 1.14. The molecule has 2 nitrogen and oxygen atoms in total. The van der Waals surface area contributed by atoms with Crippen LogP contribution < -0.4 is 0 Å². The fourth-order valence-electron chi connectivity index (χ4n) is 2.76. The standard InChI is InChI=1S/C18H28O2/c1-4-9-15(16-10-7-8-11-17(16)19)14-18(20,12-5-2)13-6-3/h7-8,10-11,14,19-20H,4-6,9,12-13H2,1-3H3/b15-14-. The van der Waals surface area contributed by atoms with E-state index in [1.54, 1.807) is 6.07 Å². The van der Waals surface area contributed by atoms with E-state index in [1.807, 2.05) is 24.3 Å². The van der Waals surface area contributed by atoms with Gasteiger partial charge in [0.25, 0.3) is 0 Å². The summed E-state index contributed by atoms with van der Waals surface area (Å²) in [6, 6.07) is 7.39. The Kier molecular flexibility index (Phi) is 6.80. The number of aromatic hydroxyl groups is 1. The molecule has 0 bridgehead atoms. The molecule has 0 aliphatic carbocycles. The summed E-state index contributed by atoms with van der Waals surface area (Å²) in [6.07, 6.45) is 7.28. The number of phenols is 1. The van der Waals surface area contributed by atoms with E-state index in [0.29, 0.717) is 5.75 Å². The molecule has 112 valence electrons. The Hall–Kier alpha value is -1.28. The van der Waals surface area contributed by atoms with E-state index < -0.39 is 5.60 Å². The van der Waals surface area contributed by atoms with Gasteiger partial charge in [-0.25, -0.2) is 0 Å². The lowest BCUT2D eigenvalue weighted by Crippen LogP contribution is -2.25. The van der Waals surface area contributed by atoms with Crippen molar-refractivity contribution in [1.82, 2.24) is 0 Å². The molecule has 0 radical (unpaired) electrons. The minimum Gasteiger partial charge on any atom is -0.507 e. The number of allylic oxidation sites excluding steroid dienone is 1. The lowest BCUT2D eigenvalue weighted by atomic mass is 9.87. The predicted molar refractivity (Wildman–Crippen MR) is 85.8 cm³/mol. The van der Waals surface area contributed by atoms with E-state index >= 15 is 0 Å².